The highest BCUT2D eigenvalue weighted by atomic mass is 32.1. The molecule has 4 nitrogen and oxygen atoms in total. The van der Waals surface area contributed by atoms with Crippen LogP contribution in [-0.2, 0) is 9.53 Å². The number of amides is 1. The predicted octanol–water partition coefficient (Wildman–Crippen LogP) is 6.23. The summed E-state index contributed by atoms with van der Waals surface area (Å²) in [7, 11) is 0. The zero-order valence-electron chi connectivity index (χ0n) is 16.9. The summed E-state index contributed by atoms with van der Waals surface area (Å²) in [6, 6.07) is 8.25. The average molecular weight is 400 g/mol. The Morgan fingerprint density at radius 3 is 2.43 bits per heavy atom. The van der Waals surface area contributed by atoms with Crippen LogP contribution in [0.1, 0.15) is 74.7 Å². The minimum atomic E-state index is -0.384. The molecule has 0 atom stereocenters. The molecule has 1 aliphatic carbocycles. The van der Waals surface area contributed by atoms with E-state index in [-0.39, 0.29) is 17.8 Å². The largest absolute Gasteiger partial charge is 0.462 e. The predicted molar refractivity (Wildman–Crippen MR) is 115 cm³/mol. The van der Waals surface area contributed by atoms with E-state index in [1.165, 1.54) is 23.3 Å². The van der Waals surface area contributed by atoms with Gasteiger partial charge in [-0.1, -0.05) is 57.4 Å². The molecule has 150 valence electrons. The van der Waals surface area contributed by atoms with Gasteiger partial charge in [0.15, 0.2) is 0 Å². The van der Waals surface area contributed by atoms with Crippen molar-refractivity contribution in [2.24, 2.45) is 5.92 Å². The third kappa shape index (κ3) is 4.64. The van der Waals surface area contributed by atoms with Crippen LogP contribution in [0, 0.1) is 5.92 Å². The highest BCUT2D eigenvalue weighted by Crippen LogP contribution is 2.37. The van der Waals surface area contributed by atoms with Crippen LogP contribution in [0.5, 0.6) is 0 Å². The molecule has 0 unspecified atom stereocenters. The number of carbonyl (C=O) groups excluding carboxylic acids is 2. The number of ether oxygens (including phenoxy) is 1. The molecule has 1 N–H and O–H groups in total. The molecular formula is C23H29NO3S. The Labute approximate surface area is 171 Å². The zero-order valence-corrected chi connectivity index (χ0v) is 17.7. The van der Waals surface area contributed by atoms with Crippen LogP contribution in [-0.4, -0.2) is 18.5 Å². The Hall–Kier alpha value is -2.14. The van der Waals surface area contributed by atoms with Crippen molar-refractivity contribution >= 4 is 28.2 Å². The van der Waals surface area contributed by atoms with Crippen molar-refractivity contribution in [2.45, 2.75) is 58.8 Å². The quantitative estimate of drug-likeness (QED) is 0.585. The number of benzene rings is 1. The third-order valence-corrected chi connectivity index (χ3v) is 6.27. The van der Waals surface area contributed by atoms with Gasteiger partial charge in [-0.05, 0) is 36.8 Å². The first-order chi connectivity index (χ1) is 13.5. The highest BCUT2D eigenvalue weighted by Gasteiger charge is 2.26. The fourth-order valence-corrected chi connectivity index (χ4v) is 4.65. The lowest BCUT2D eigenvalue weighted by Crippen LogP contribution is -2.25. The van der Waals surface area contributed by atoms with Crippen LogP contribution in [0.3, 0.4) is 0 Å². The number of thiophene rings is 1. The van der Waals surface area contributed by atoms with Gasteiger partial charge < -0.3 is 10.1 Å². The summed E-state index contributed by atoms with van der Waals surface area (Å²) in [6.45, 7) is 6.41. The summed E-state index contributed by atoms with van der Waals surface area (Å²) in [5, 5.41) is 5.55. The molecule has 1 aliphatic rings. The van der Waals surface area contributed by atoms with E-state index < -0.39 is 0 Å². The van der Waals surface area contributed by atoms with Gasteiger partial charge in [0, 0.05) is 16.9 Å². The molecule has 0 radical (unpaired) electrons. The Kier molecular flexibility index (Phi) is 6.89. The maximum Gasteiger partial charge on any atom is 0.341 e. The van der Waals surface area contributed by atoms with E-state index in [2.05, 4.69) is 31.3 Å². The molecule has 3 rings (SSSR count). The van der Waals surface area contributed by atoms with E-state index in [4.69, 9.17) is 4.74 Å². The number of hydrogen-bond donors (Lipinski definition) is 1. The minimum absolute atomic E-state index is 0.0220. The van der Waals surface area contributed by atoms with Gasteiger partial charge in [-0.2, -0.15) is 0 Å². The molecule has 1 heterocycles. The second-order valence-electron chi connectivity index (χ2n) is 7.67. The van der Waals surface area contributed by atoms with E-state index in [1.807, 2.05) is 17.5 Å². The smallest absolute Gasteiger partial charge is 0.341 e. The first-order valence-corrected chi connectivity index (χ1v) is 11.1. The van der Waals surface area contributed by atoms with Gasteiger partial charge in [0.25, 0.3) is 0 Å². The van der Waals surface area contributed by atoms with E-state index in [1.54, 1.807) is 6.92 Å². The topological polar surface area (TPSA) is 55.4 Å². The number of anilines is 1. The lowest BCUT2D eigenvalue weighted by molar-refractivity contribution is -0.120. The number of carbonyl (C=O) groups is 2. The molecule has 1 aromatic heterocycles. The van der Waals surface area contributed by atoms with Crippen LogP contribution in [0.4, 0.5) is 5.00 Å². The van der Waals surface area contributed by atoms with Crippen molar-refractivity contribution < 1.29 is 14.3 Å². The summed E-state index contributed by atoms with van der Waals surface area (Å²) in [5.74, 6) is 0.130. The first kappa shape index (κ1) is 20.6. The molecule has 0 spiro atoms. The number of esters is 1. The molecule has 1 fully saturated rings. The lowest BCUT2D eigenvalue weighted by Gasteiger charge is -2.20. The molecule has 5 heteroatoms. The number of nitrogens with one attached hydrogen (secondary N) is 1. The highest BCUT2D eigenvalue weighted by molar-refractivity contribution is 7.15. The molecule has 0 bridgehead atoms. The molecule has 2 aromatic rings. The van der Waals surface area contributed by atoms with Gasteiger partial charge in [0.1, 0.15) is 10.6 Å². The van der Waals surface area contributed by atoms with Gasteiger partial charge in [-0.3, -0.25) is 4.79 Å². The van der Waals surface area contributed by atoms with Gasteiger partial charge in [0.2, 0.25) is 5.91 Å². The zero-order chi connectivity index (χ0) is 20.1. The maximum absolute atomic E-state index is 12.7. The van der Waals surface area contributed by atoms with Crippen molar-refractivity contribution in [2.75, 3.05) is 11.9 Å². The summed E-state index contributed by atoms with van der Waals surface area (Å²) in [4.78, 5) is 25.4. The van der Waals surface area contributed by atoms with Gasteiger partial charge >= 0.3 is 5.97 Å². The van der Waals surface area contributed by atoms with Gasteiger partial charge in [0.05, 0.1) is 6.61 Å². The Balaban J connectivity index is 1.90. The molecular weight excluding hydrogens is 370 g/mol. The monoisotopic (exact) mass is 399 g/mol. The fraction of sp³-hybridized carbons (Fsp3) is 0.478. The van der Waals surface area contributed by atoms with Crippen molar-refractivity contribution in [3.63, 3.8) is 0 Å². The normalized spacial score (nSPS) is 14.9. The maximum atomic E-state index is 12.7. The summed E-state index contributed by atoms with van der Waals surface area (Å²) < 4.78 is 5.29. The Morgan fingerprint density at radius 1 is 1.14 bits per heavy atom. The van der Waals surface area contributed by atoms with Gasteiger partial charge in [-0.25, -0.2) is 4.79 Å². The summed E-state index contributed by atoms with van der Waals surface area (Å²) >= 11 is 1.40. The van der Waals surface area contributed by atoms with E-state index in [0.717, 1.165) is 36.8 Å². The molecule has 1 aromatic carbocycles. The summed E-state index contributed by atoms with van der Waals surface area (Å²) in [6.07, 6.45) is 5.25. The fourth-order valence-electron chi connectivity index (χ4n) is 3.69. The average Bonchev–Trinajstić information content (AvgIpc) is 3.12. The lowest BCUT2D eigenvalue weighted by atomic mass is 9.88. The molecule has 28 heavy (non-hydrogen) atoms. The van der Waals surface area contributed by atoms with Crippen LogP contribution < -0.4 is 5.32 Å². The molecule has 1 amide bonds. The standard InChI is InChI=1S/C23H29NO3S/c1-4-27-23(26)20-19(17-12-10-16(11-13-17)15(2)3)14-28-22(20)24-21(25)18-8-6-5-7-9-18/h10-15,18H,4-9H2,1-3H3,(H,24,25). The summed E-state index contributed by atoms with van der Waals surface area (Å²) in [5.41, 5.74) is 3.50. The third-order valence-electron chi connectivity index (χ3n) is 5.37. The molecule has 1 saturated carbocycles. The van der Waals surface area contributed by atoms with Crippen molar-refractivity contribution in [1.29, 1.82) is 0 Å². The molecule has 0 saturated heterocycles. The van der Waals surface area contributed by atoms with E-state index in [9.17, 15) is 9.59 Å². The first-order valence-electron chi connectivity index (χ1n) is 10.2. The Morgan fingerprint density at radius 2 is 1.82 bits per heavy atom. The van der Waals surface area contributed by atoms with Crippen LogP contribution in [0.15, 0.2) is 29.6 Å². The second-order valence-corrected chi connectivity index (χ2v) is 8.55. The van der Waals surface area contributed by atoms with Crippen molar-refractivity contribution in [3.05, 3.63) is 40.8 Å². The number of rotatable bonds is 6. The van der Waals surface area contributed by atoms with Crippen molar-refractivity contribution in [3.8, 4) is 11.1 Å². The number of hydrogen-bond acceptors (Lipinski definition) is 4. The SMILES string of the molecule is CCOC(=O)c1c(-c2ccc(C(C)C)cc2)csc1NC(=O)C1CCCCC1. The van der Waals surface area contributed by atoms with Crippen LogP contribution >= 0.6 is 11.3 Å². The molecule has 0 aliphatic heterocycles. The minimum Gasteiger partial charge on any atom is -0.462 e. The van der Waals surface area contributed by atoms with E-state index in [0.29, 0.717) is 23.1 Å². The Bertz CT molecular complexity index is 817. The van der Waals surface area contributed by atoms with E-state index >= 15 is 0 Å². The van der Waals surface area contributed by atoms with Crippen LogP contribution in [0.2, 0.25) is 0 Å². The van der Waals surface area contributed by atoms with Crippen molar-refractivity contribution in [1.82, 2.24) is 0 Å². The van der Waals surface area contributed by atoms with Gasteiger partial charge in [-0.15, -0.1) is 11.3 Å². The van der Waals surface area contributed by atoms with Crippen LogP contribution in [0.25, 0.3) is 11.1 Å². The second kappa shape index (κ2) is 9.37.